The van der Waals surface area contributed by atoms with Gasteiger partial charge in [0.1, 0.15) is 6.04 Å². The van der Waals surface area contributed by atoms with E-state index in [9.17, 15) is 4.79 Å². The summed E-state index contributed by atoms with van der Waals surface area (Å²) in [5, 5.41) is 8.49. The summed E-state index contributed by atoms with van der Waals surface area (Å²) in [6, 6.07) is 1.98. The summed E-state index contributed by atoms with van der Waals surface area (Å²) in [5.41, 5.74) is 0. The zero-order valence-corrected chi connectivity index (χ0v) is 8.53. The quantitative estimate of drug-likeness (QED) is 0.630. The number of rotatable bonds is 3. The summed E-state index contributed by atoms with van der Waals surface area (Å²) in [5.74, 6) is -0.164. The second-order valence-corrected chi connectivity index (χ2v) is 3.48. The van der Waals surface area contributed by atoms with Crippen molar-refractivity contribution in [2.24, 2.45) is 0 Å². The van der Waals surface area contributed by atoms with Crippen LogP contribution in [-0.4, -0.2) is 37.1 Å². The zero-order valence-electron chi connectivity index (χ0n) is 8.53. The first-order chi connectivity index (χ1) is 6.79. The maximum absolute atomic E-state index is 11.4. The van der Waals surface area contributed by atoms with Gasteiger partial charge in [0.2, 0.25) is 0 Å². The number of likely N-dealkylation sites (tertiary alicyclic amines) is 1. The Labute approximate surface area is 84.4 Å². The number of carbonyl (C=O) groups excluding carboxylic acids is 1. The summed E-state index contributed by atoms with van der Waals surface area (Å²) in [7, 11) is 1.42. The fourth-order valence-electron chi connectivity index (χ4n) is 1.86. The molecule has 0 radical (unpaired) electrons. The second kappa shape index (κ2) is 5.61. The molecule has 1 aliphatic heterocycles. The first-order valence-corrected chi connectivity index (χ1v) is 4.98. The molecule has 0 spiro atoms. The highest BCUT2D eigenvalue weighted by Crippen LogP contribution is 2.17. The normalized spacial score (nSPS) is 22.7. The van der Waals surface area contributed by atoms with Crippen molar-refractivity contribution in [1.82, 2.24) is 4.90 Å². The number of ether oxygens (including phenoxy) is 1. The summed E-state index contributed by atoms with van der Waals surface area (Å²) >= 11 is 0. The van der Waals surface area contributed by atoms with Gasteiger partial charge in [-0.05, 0) is 19.4 Å². The van der Waals surface area contributed by atoms with Gasteiger partial charge >= 0.3 is 5.97 Å². The molecule has 14 heavy (non-hydrogen) atoms. The van der Waals surface area contributed by atoms with Gasteiger partial charge in [0.15, 0.2) is 0 Å². The number of nitrogens with zero attached hydrogens (tertiary/aromatic N) is 2. The molecule has 0 aromatic carbocycles. The lowest BCUT2D eigenvalue weighted by atomic mass is 10.0. The highest BCUT2D eigenvalue weighted by molar-refractivity contribution is 5.75. The topological polar surface area (TPSA) is 53.3 Å². The number of methoxy groups -OCH3 is 1. The van der Waals surface area contributed by atoms with Crippen LogP contribution in [0.3, 0.4) is 0 Å². The average molecular weight is 196 g/mol. The summed E-state index contributed by atoms with van der Waals surface area (Å²) in [4.78, 5) is 13.4. The van der Waals surface area contributed by atoms with Gasteiger partial charge in [-0.25, -0.2) is 0 Å². The lowest BCUT2D eigenvalue weighted by Crippen LogP contribution is -2.45. The van der Waals surface area contributed by atoms with Crippen molar-refractivity contribution in [3.05, 3.63) is 0 Å². The van der Waals surface area contributed by atoms with E-state index < -0.39 is 0 Å². The summed E-state index contributed by atoms with van der Waals surface area (Å²) in [6.45, 7) is 1.58. The zero-order chi connectivity index (χ0) is 10.4. The van der Waals surface area contributed by atoms with Crippen molar-refractivity contribution in [1.29, 1.82) is 5.26 Å². The monoisotopic (exact) mass is 196 g/mol. The Balaban J connectivity index is 2.50. The minimum atomic E-state index is -0.164. The Bertz CT molecular complexity index is 235. The molecule has 0 saturated carbocycles. The predicted molar refractivity (Wildman–Crippen MR) is 51.5 cm³/mol. The molecular weight excluding hydrogens is 180 g/mol. The molecule has 0 aromatic heterocycles. The SMILES string of the molecule is COC(=O)C1CCCCN1CCC#N. The Hall–Kier alpha value is -1.08. The van der Waals surface area contributed by atoms with Crippen molar-refractivity contribution in [2.45, 2.75) is 31.7 Å². The molecule has 4 heteroatoms. The van der Waals surface area contributed by atoms with Gasteiger partial charge in [-0.2, -0.15) is 5.26 Å². The van der Waals surface area contributed by atoms with E-state index in [0.717, 1.165) is 25.8 Å². The Kier molecular flexibility index (Phi) is 4.41. The molecule has 1 atom stereocenters. The molecule has 1 heterocycles. The average Bonchev–Trinajstić information content (AvgIpc) is 2.25. The number of carbonyl (C=O) groups is 1. The third kappa shape index (κ3) is 2.71. The molecule has 4 nitrogen and oxygen atoms in total. The molecule has 1 unspecified atom stereocenters. The van der Waals surface area contributed by atoms with Crippen LogP contribution in [-0.2, 0) is 9.53 Å². The van der Waals surface area contributed by atoms with E-state index in [0.29, 0.717) is 13.0 Å². The molecule has 1 aliphatic rings. The van der Waals surface area contributed by atoms with Crippen LogP contribution in [0.5, 0.6) is 0 Å². The van der Waals surface area contributed by atoms with Gasteiger partial charge < -0.3 is 4.74 Å². The van der Waals surface area contributed by atoms with Gasteiger partial charge in [-0.3, -0.25) is 9.69 Å². The Morgan fingerprint density at radius 3 is 3.07 bits per heavy atom. The molecule has 78 valence electrons. The van der Waals surface area contributed by atoms with Crippen LogP contribution in [0.1, 0.15) is 25.7 Å². The van der Waals surface area contributed by atoms with Crippen molar-refractivity contribution in [2.75, 3.05) is 20.2 Å². The molecule has 1 rings (SSSR count). The molecule has 1 fully saturated rings. The Morgan fingerprint density at radius 2 is 2.43 bits per heavy atom. The summed E-state index contributed by atoms with van der Waals surface area (Å²) < 4.78 is 4.74. The van der Waals surface area contributed by atoms with Crippen molar-refractivity contribution < 1.29 is 9.53 Å². The van der Waals surface area contributed by atoms with Crippen molar-refractivity contribution >= 4 is 5.97 Å². The smallest absolute Gasteiger partial charge is 0.323 e. The van der Waals surface area contributed by atoms with Gasteiger partial charge in [-0.1, -0.05) is 6.42 Å². The van der Waals surface area contributed by atoms with Gasteiger partial charge in [0, 0.05) is 13.0 Å². The largest absolute Gasteiger partial charge is 0.468 e. The van der Waals surface area contributed by atoms with E-state index in [4.69, 9.17) is 10.00 Å². The van der Waals surface area contributed by atoms with Crippen molar-refractivity contribution in [3.8, 4) is 6.07 Å². The van der Waals surface area contributed by atoms with Crippen LogP contribution in [0.2, 0.25) is 0 Å². The number of hydrogen-bond acceptors (Lipinski definition) is 4. The van der Waals surface area contributed by atoms with Crippen LogP contribution < -0.4 is 0 Å². The number of hydrogen-bond donors (Lipinski definition) is 0. The maximum atomic E-state index is 11.4. The van der Waals surface area contributed by atoms with Crippen LogP contribution in [0.4, 0.5) is 0 Å². The van der Waals surface area contributed by atoms with Gasteiger partial charge in [-0.15, -0.1) is 0 Å². The minimum Gasteiger partial charge on any atom is -0.468 e. The number of piperidine rings is 1. The molecular formula is C10H16N2O2. The lowest BCUT2D eigenvalue weighted by molar-refractivity contribution is -0.148. The maximum Gasteiger partial charge on any atom is 0.323 e. The molecule has 1 saturated heterocycles. The van der Waals surface area contributed by atoms with E-state index in [1.807, 2.05) is 0 Å². The van der Waals surface area contributed by atoms with Gasteiger partial charge in [0.25, 0.3) is 0 Å². The number of esters is 1. The van der Waals surface area contributed by atoms with E-state index in [2.05, 4.69) is 11.0 Å². The predicted octanol–water partition coefficient (Wildman–Crippen LogP) is 0.928. The molecule has 0 amide bonds. The van der Waals surface area contributed by atoms with E-state index in [1.54, 1.807) is 0 Å². The lowest BCUT2D eigenvalue weighted by Gasteiger charge is -2.32. The highest BCUT2D eigenvalue weighted by Gasteiger charge is 2.28. The molecule has 0 bridgehead atoms. The van der Waals surface area contributed by atoms with Crippen LogP contribution >= 0.6 is 0 Å². The summed E-state index contributed by atoms with van der Waals surface area (Å²) in [6.07, 6.45) is 3.52. The number of nitriles is 1. The Morgan fingerprint density at radius 1 is 1.64 bits per heavy atom. The third-order valence-corrected chi connectivity index (χ3v) is 2.60. The highest BCUT2D eigenvalue weighted by atomic mass is 16.5. The van der Waals surface area contributed by atoms with E-state index >= 15 is 0 Å². The standard InChI is InChI=1S/C10H16N2O2/c1-14-10(13)9-5-2-3-7-12(9)8-4-6-11/h9H,2-5,7-8H2,1H3. The van der Waals surface area contributed by atoms with Crippen LogP contribution in [0, 0.1) is 11.3 Å². The third-order valence-electron chi connectivity index (χ3n) is 2.60. The van der Waals surface area contributed by atoms with Crippen molar-refractivity contribution in [3.63, 3.8) is 0 Å². The molecule has 0 N–H and O–H groups in total. The van der Waals surface area contributed by atoms with E-state index in [-0.39, 0.29) is 12.0 Å². The minimum absolute atomic E-state index is 0.123. The fourth-order valence-corrected chi connectivity index (χ4v) is 1.86. The molecule has 0 aromatic rings. The fraction of sp³-hybridized carbons (Fsp3) is 0.800. The van der Waals surface area contributed by atoms with Gasteiger partial charge in [0.05, 0.1) is 13.2 Å². The molecule has 0 aliphatic carbocycles. The second-order valence-electron chi connectivity index (χ2n) is 3.48. The first-order valence-electron chi connectivity index (χ1n) is 4.98. The van der Waals surface area contributed by atoms with E-state index in [1.165, 1.54) is 7.11 Å². The van der Waals surface area contributed by atoms with Crippen LogP contribution in [0.25, 0.3) is 0 Å². The first kappa shape index (κ1) is 11.0. The van der Waals surface area contributed by atoms with Crippen LogP contribution in [0.15, 0.2) is 0 Å².